The number of benzene rings is 1. The van der Waals surface area contributed by atoms with Crippen LogP contribution in [0.4, 0.5) is 0 Å². The summed E-state index contributed by atoms with van der Waals surface area (Å²) >= 11 is 6.34. The summed E-state index contributed by atoms with van der Waals surface area (Å²) in [7, 11) is 3.28. The van der Waals surface area contributed by atoms with E-state index in [1.807, 2.05) is 12.1 Å². The fraction of sp³-hybridized carbons (Fsp3) is 0.647. The highest BCUT2D eigenvalue weighted by molar-refractivity contribution is 6.31. The fourth-order valence-corrected chi connectivity index (χ4v) is 3.17. The predicted octanol–water partition coefficient (Wildman–Crippen LogP) is 4.56. The van der Waals surface area contributed by atoms with Gasteiger partial charge in [-0.2, -0.15) is 0 Å². The monoisotopic (exact) mass is 311 g/mol. The average molecular weight is 312 g/mol. The van der Waals surface area contributed by atoms with Crippen molar-refractivity contribution in [1.29, 1.82) is 0 Å². The van der Waals surface area contributed by atoms with Crippen LogP contribution in [0.15, 0.2) is 12.1 Å². The van der Waals surface area contributed by atoms with Crippen LogP contribution < -0.4 is 14.8 Å². The normalized spacial score (nSPS) is 17.1. The highest BCUT2D eigenvalue weighted by Gasteiger charge is 2.13. The number of nitrogens with one attached hydrogen (secondary N) is 1. The molecule has 0 amide bonds. The lowest BCUT2D eigenvalue weighted by molar-refractivity contribution is 0.353. The maximum absolute atomic E-state index is 6.34. The van der Waals surface area contributed by atoms with Gasteiger partial charge in [0.15, 0.2) is 11.5 Å². The van der Waals surface area contributed by atoms with E-state index in [0.29, 0.717) is 11.8 Å². The first kappa shape index (κ1) is 16.4. The first-order chi connectivity index (χ1) is 10.2. The van der Waals surface area contributed by atoms with E-state index in [2.05, 4.69) is 5.32 Å². The minimum Gasteiger partial charge on any atom is -0.493 e. The molecule has 1 fully saturated rings. The third-order valence-electron chi connectivity index (χ3n) is 4.24. The van der Waals surface area contributed by atoms with E-state index in [1.165, 1.54) is 44.9 Å². The fourth-order valence-electron chi connectivity index (χ4n) is 2.95. The van der Waals surface area contributed by atoms with Crippen molar-refractivity contribution in [3.05, 3.63) is 22.7 Å². The van der Waals surface area contributed by atoms with Crippen molar-refractivity contribution in [2.75, 3.05) is 14.2 Å². The van der Waals surface area contributed by atoms with E-state index < -0.39 is 0 Å². The molecule has 1 N–H and O–H groups in total. The van der Waals surface area contributed by atoms with Crippen LogP contribution in [0.1, 0.15) is 50.5 Å². The van der Waals surface area contributed by atoms with Crippen molar-refractivity contribution >= 4 is 11.6 Å². The molecule has 1 aromatic carbocycles. The summed E-state index contributed by atoms with van der Waals surface area (Å²) in [5.74, 6) is 1.41. The number of halogens is 1. The van der Waals surface area contributed by atoms with Crippen molar-refractivity contribution in [1.82, 2.24) is 5.32 Å². The predicted molar refractivity (Wildman–Crippen MR) is 87.5 cm³/mol. The Morgan fingerprint density at radius 1 is 1.00 bits per heavy atom. The highest BCUT2D eigenvalue weighted by Crippen LogP contribution is 2.33. The van der Waals surface area contributed by atoms with Crippen LogP contribution in [0.25, 0.3) is 0 Å². The van der Waals surface area contributed by atoms with E-state index in [-0.39, 0.29) is 0 Å². The molecule has 0 aliphatic heterocycles. The third kappa shape index (κ3) is 4.79. The van der Waals surface area contributed by atoms with Gasteiger partial charge in [0.05, 0.1) is 14.2 Å². The molecule has 2 rings (SSSR count). The Kier molecular flexibility index (Phi) is 6.65. The number of ether oxygens (including phenoxy) is 2. The van der Waals surface area contributed by atoms with Gasteiger partial charge in [0, 0.05) is 23.7 Å². The highest BCUT2D eigenvalue weighted by atomic mass is 35.5. The molecule has 1 aliphatic carbocycles. The molecule has 4 heteroatoms. The molecule has 0 radical (unpaired) electrons. The SMILES string of the molecule is COc1cc(Cl)c(CNC2CCCCCCC2)cc1OC. The minimum absolute atomic E-state index is 0.606. The van der Waals surface area contributed by atoms with Gasteiger partial charge in [-0.3, -0.25) is 0 Å². The van der Waals surface area contributed by atoms with Gasteiger partial charge in [-0.1, -0.05) is 43.7 Å². The number of rotatable bonds is 5. The second-order valence-corrected chi connectivity index (χ2v) is 6.13. The maximum Gasteiger partial charge on any atom is 0.162 e. The van der Waals surface area contributed by atoms with Crippen LogP contribution in [0.2, 0.25) is 5.02 Å². The number of methoxy groups -OCH3 is 2. The average Bonchev–Trinajstić information content (AvgIpc) is 2.46. The molecule has 0 bridgehead atoms. The van der Waals surface area contributed by atoms with E-state index in [0.717, 1.165) is 22.9 Å². The van der Waals surface area contributed by atoms with Crippen LogP contribution in [0.5, 0.6) is 11.5 Å². The standard InChI is InChI=1S/C17H26ClNO2/c1-20-16-10-13(15(18)11-17(16)21-2)12-19-14-8-6-4-3-5-7-9-14/h10-11,14,19H,3-9,12H2,1-2H3. The first-order valence-electron chi connectivity index (χ1n) is 7.88. The topological polar surface area (TPSA) is 30.5 Å². The maximum atomic E-state index is 6.34. The molecular weight excluding hydrogens is 286 g/mol. The molecule has 21 heavy (non-hydrogen) atoms. The van der Waals surface area contributed by atoms with Crippen molar-refractivity contribution in [3.8, 4) is 11.5 Å². The van der Waals surface area contributed by atoms with Gasteiger partial charge >= 0.3 is 0 Å². The third-order valence-corrected chi connectivity index (χ3v) is 4.59. The summed E-state index contributed by atoms with van der Waals surface area (Å²) in [4.78, 5) is 0. The molecule has 0 heterocycles. The molecule has 118 valence electrons. The Bertz CT molecular complexity index is 443. The van der Waals surface area contributed by atoms with Gasteiger partial charge in [0.1, 0.15) is 0 Å². The molecule has 0 saturated heterocycles. The summed E-state index contributed by atoms with van der Waals surface area (Å²) in [6.45, 7) is 0.782. The van der Waals surface area contributed by atoms with Crippen molar-refractivity contribution < 1.29 is 9.47 Å². The Labute approximate surface area is 133 Å². The zero-order valence-corrected chi connectivity index (χ0v) is 13.8. The first-order valence-corrected chi connectivity index (χ1v) is 8.26. The van der Waals surface area contributed by atoms with Gasteiger partial charge in [-0.15, -0.1) is 0 Å². The lowest BCUT2D eigenvalue weighted by Gasteiger charge is -2.21. The summed E-state index contributed by atoms with van der Waals surface area (Å²) in [6.07, 6.45) is 9.34. The Morgan fingerprint density at radius 2 is 1.57 bits per heavy atom. The molecule has 1 aliphatic rings. The lowest BCUT2D eigenvalue weighted by Crippen LogP contribution is -2.29. The van der Waals surface area contributed by atoms with Crippen LogP contribution in [0.3, 0.4) is 0 Å². The molecule has 0 atom stereocenters. The Morgan fingerprint density at radius 3 is 2.19 bits per heavy atom. The number of hydrogen-bond donors (Lipinski definition) is 1. The lowest BCUT2D eigenvalue weighted by atomic mass is 9.96. The summed E-state index contributed by atoms with van der Waals surface area (Å²) in [5.41, 5.74) is 1.07. The van der Waals surface area contributed by atoms with Crippen LogP contribution in [-0.4, -0.2) is 20.3 Å². The van der Waals surface area contributed by atoms with Gasteiger partial charge in [0.2, 0.25) is 0 Å². The van der Waals surface area contributed by atoms with Crippen molar-refractivity contribution in [2.45, 2.75) is 57.5 Å². The van der Waals surface area contributed by atoms with Gasteiger partial charge in [0.25, 0.3) is 0 Å². The Hall–Kier alpha value is -0.930. The molecular formula is C17H26ClNO2. The quantitative estimate of drug-likeness (QED) is 0.864. The molecule has 1 aromatic rings. The van der Waals surface area contributed by atoms with E-state index in [4.69, 9.17) is 21.1 Å². The van der Waals surface area contributed by atoms with E-state index >= 15 is 0 Å². The smallest absolute Gasteiger partial charge is 0.162 e. The van der Waals surface area contributed by atoms with Crippen molar-refractivity contribution in [3.63, 3.8) is 0 Å². The van der Waals surface area contributed by atoms with Crippen LogP contribution in [0, 0.1) is 0 Å². The van der Waals surface area contributed by atoms with Gasteiger partial charge < -0.3 is 14.8 Å². The largest absolute Gasteiger partial charge is 0.493 e. The summed E-state index contributed by atoms with van der Waals surface area (Å²) < 4.78 is 10.6. The van der Waals surface area contributed by atoms with Crippen LogP contribution >= 0.6 is 11.6 Å². The molecule has 0 spiro atoms. The second kappa shape index (κ2) is 8.50. The molecule has 3 nitrogen and oxygen atoms in total. The van der Waals surface area contributed by atoms with Gasteiger partial charge in [-0.05, 0) is 24.5 Å². The Balaban J connectivity index is 1.98. The van der Waals surface area contributed by atoms with E-state index in [1.54, 1.807) is 14.2 Å². The zero-order chi connectivity index (χ0) is 15.1. The zero-order valence-electron chi connectivity index (χ0n) is 13.1. The second-order valence-electron chi connectivity index (χ2n) is 5.72. The number of hydrogen-bond acceptors (Lipinski definition) is 3. The van der Waals surface area contributed by atoms with E-state index in [9.17, 15) is 0 Å². The molecule has 1 saturated carbocycles. The molecule has 0 aromatic heterocycles. The minimum atomic E-state index is 0.606. The summed E-state index contributed by atoms with van der Waals surface area (Å²) in [6, 6.07) is 4.40. The van der Waals surface area contributed by atoms with Crippen LogP contribution in [-0.2, 0) is 6.54 Å². The van der Waals surface area contributed by atoms with Crippen molar-refractivity contribution in [2.24, 2.45) is 0 Å². The van der Waals surface area contributed by atoms with Gasteiger partial charge in [-0.25, -0.2) is 0 Å². The summed E-state index contributed by atoms with van der Waals surface area (Å²) in [5, 5.41) is 4.38. The molecule has 0 unspecified atom stereocenters.